The molecule has 0 radical (unpaired) electrons. The molecule has 0 bridgehead atoms. The average Bonchev–Trinajstić information content (AvgIpc) is 3.37. The highest BCUT2D eigenvalue weighted by molar-refractivity contribution is 6.10. The number of nitrogens with zero attached hydrogens (tertiary/aromatic N) is 7. The molecule has 0 fully saturated rings. The Hall–Kier alpha value is -4.61. The highest BCUT2D eigenvalue weighted by Gasteiger charge is 2.26. The summed E-state index contributed by atoms with van der Waals surface area (Å²) in [7, 11) is 4.86. The van der Waals surface area contributed by atoms with E-state index in [4.69, 9.17) is 5.73 Å². The van der Waals surface area contributed by atoms with E-state index >= 15 is 0 Å². The van der Waals surface area contributed by atoms with Crippen LogP contribution in [0.5, 0.6) is 0 Å². The minimum Gasteiger partial charge on any atom is -0.383 e. The first-order valence-corrected chi connectivity index (χ1v) is 10.9. The molecule has 0 unspecified atom stereocenters. The van der Waals surface area contributed by atoms with Gasteiger partial charge in [0.05, 0.1) is 33.6 Å². The molecule has 0 atom stereocenters. The van der Waals surface area contributed by atoms with Crippen LogP contribution >= 0.6 is 0 Å². The Morgan fingerprint density at radius 2 is 1.75 bits per heavy atom. The second-order valence-electron chi connectivity index (χ2n) is 8.51. The maximum absolute atomic E-state index is 13.8. The van der Waals surface area contributed by atoms with Gasteiger partial charge in [-0.15, -0.1) is 0 Å². The first-order chi connectivity index (χ1) is 17.1. The Labute approximate surface area is 203 Å². The Morgan fingerprint density at radius 1 is 1.03 bits per heavy atom. The van der Waals surface area contributed by atoms with Crippen LogP contribution in [0.2, 0.25) is 0 Å². The number of halogens is 2. The number of carbonyl (C=O) groups excluding carboxylic acids is 2. The monoisotopic (exact) mass is 492 g/mol. The number of imidazole rings is 1. The fraction of sp³-hybridized carbons (Fsp3) is 0.208. The van der Waals surface area contributed by atoms with E-state index in [9.17, 15) is 18.4 Å². The number of aryl methyl sites for hydroxylation is 2. The smallest absolute Gasteiger partial charge is 0.272 e. The molecule has 5 aromatic rings. The molecule has 3 heterocycles. The van der Waals surface area contributed by atoms with E-state index in [1.54, 1.807) is 47.7 Å². The van der Waals surface area contributed by atoms with Crippen molar-refractivity contribution < 1.29 is 18.4 Å². The number of hydrogen-bond donors (Lipinski definition) is 1. The number of benzene rings is 2. The van der Waals surface area contributed by atoms with Gasteiger partial charge >= 0.3 is 0 Å². The van der Waals surface area contributed by atoms with Gasteiger partial charge in [-0.25, -0.2) is 23.8 Å². The summed E-state index contributed by atoms with van der Waals surface area (Å²) in [4.78, 5) is 34.7. The molecular formula is C24H22F2N8O2. The van der Waals surface area contributed by atoms with Crippen molar-refractivity contribution in [1.29, 1.82) is 0 Å². The number of hydrazine groups is 1. The van der Waals surface area contributed by atoms with Crippen molar-refractivity contribution >= 4 is 50.5 Å². The van der Waals surface area contributed by atoms with Crippen molar-refractivity contribution in [3.8, 4) is 0 Å². The predicted octanol–water partition coefficient (Wildman–Crippen LogP) is 2.90. The van der Waals surface area contributed by atoms with Crippen LogP contribution in [0.3, 0.4) is 0 Å². The summed E-state index contributed by atoms with van der Waals surface area (Å²) in [5.41, 5.74) is 8.26. The normalized spacial score (nSPS) is 11.5. The first kappa shape index (κ1) is 23.1. The third kappa shape index (κ3) is 3.58. The van der Waals surface area contributed by atoms with Crippen LogP contribution in [0, 0.1) is 11.6 Å². The van der Waals surface area contributed by atoms with E-state index in [0.29, 0.717) is 39.0 Å². The van der Waals surface area contributed by atoms with Crippen LogP contribution in [-0.4, -0.2) is 53.2 Å². The number of amides is 2. The van der Waals surface area contributed by atoms with Crippen molar-refractivity contribution in [3.63, 3.8) is 0 Å². The number of rotatable bonds is 3. The van der Waals surface area contributed by atoms with Gasteiger partial charge in [0.1, 0.15) is 18.2 Å². The summed E-state index contributed by atoms with van der Waals surface area (Å²) in [5, 5.41) is 7.98. The molecule has 2 aromatic carbocycles. The van der Waals surface area contributed by atoms with E-state index in [2.05, 4.69) is 15.1 Å². The molecule has 0 saturated carbocycles. The molecule has 10 nitrogen and oxygen atoms in total. The van der Waals surface area contributed by atoms with E-state index < -0.39 is 17.5 Å². The molecule has 0 saturated heterocycles. The summed E-state index contributed by atoms with van der Waals surface area (Å²) < 4.78 is 30.8. The summed E-state index contributed by atoms with van der Waals surface area (Å²) in [6.07, 6.45) is 1.61. The third-order valence-corrected chi connectivity index (χ3v) is 6.31. The molecular weight excluding hydrogens is 470 g/mol. The summed E-state index contributed by atoms with van der Waals surface area (Å²) in [5.74, 6) is -2.22. The topological polar surface area (TPSA) is 115 Å². The number of hydrogen-bond acceptors (Lipinski definition) is 6. The van der Waals surface area contributed by atoms with Crippen molar-refractivity contribution in [2.75, 3.05) is 12.8 Å². The standard InChI is InChI=1S/C24H22F2N8O2/c1-12(35)33(4)34(11-21-29-19-8-16(25)17(26)9-20(19)31(21)2)24(36)13-5-6-18-14(7-13)22-15(23(27)30-18)10-28-32(22)3/h5-10H,11H2,1-4H3,(H2,27,30). The Kier molecular flexibility index (Phi) is 5.31. The van der Waals surface area contributed by atoms with Gasteiger partial charge in [0, 0.05) is 51.1 Å². The van der Waals surface area contributed by atoms with Crippen LogP contribution in [0.15, 0.2) is 36.5 Å². The van der Waals surface area contributed by atoms with Crippen molar-refractivity contribution in [1.82, 2.24) is 34.3 Å². The molecule has 2 amide bonds. The minimum atomic E-state index is -1.02. The number of fused-ring (bicyclic) bond motifs is 4. The first-order valence-electron chi connectivity index (χ1n) is 10.9. The molecule has 2 N–H and O–H groups in total. The van der Waals surface area contributed by atoms with Gasteiger partial charge < -0.3 is 10.3 Å². The lowest BCUT2D eigenvalue weighted by molar-refractivity contribution is -0.140. The number of aromatic nitrogens is 5. The summed E-state index contributed by atoms with van der Waals surface area (Å²) in [6.45, 7) is 1.20. The fourth-order valence-corrected chi connectivity index (χ4v) is 4.24. The zero-order chi connectivity index (χ0) is 25.9. The highest BCUT2D eigenvalue weighted by atomic mass is 19.2. The summed E-state index contributed by atoms with van der Waals surface area (Å²) in [6, 6.07) is 6.99. The van der Waals surface area contributed by atoms with Gasteiger partial charge in [0.15, 0.2) is 11.6 Å². The molecule has 0 spiro atoms. The highest BCUT2D eigenvalue weighted by Crippen LogP contribution is 2.29. The zero-order valence-corrected chi connectivity index (χ0v) is 20.0. The lowest BCUT2D eigenvalue weighted by Gasteiger charge is -2.31. The number of nitrogens with two attached hydrogens (primary N) is 1. The average molecular weight is 492 g/mol. The van der Waals surface area contributed by atoms with Crippen LogP contribution in [0.4, 0.5) is 14.6 Å². The SMILES string of the molecule is CC(=O)N(C)N(Cc1nc2cc(F)c(F)cc2n1C)C(=O)c1ccc2nc(N)c3cnn(C)c3c2c1. The van der Waals surface area contributed by atoms with Gasteiger partial charge in [0.2, 0.25) is 5.91 Å². The van der Waals surface area contributed by atoms with E-state index in [1.807, 2.05) is 0 Å². The van der Waals surface area contributed by atoms with Crippen molar-refractivity contribution in [3.05, 3.63) is 59.6 Å². The van der Waals surface area contributed by atoms with Crippen LogP contribution in [-0.2, 0) is 25.4 Å². The van der Waals surface area contributed by atoms with Crippen LogP contribution in [0.25, 0.3) is 32.8 Å². The van der Waals surface area contributed by atoms with Crippen LogP contribution < -0.4 is 5.73 Å². The number of pyridine rings is 1. The Morgan fingerprint density at radius 3 is 2.47 bits per heavy atom. The lowest BCUT2D eigenvalue weighted by atomic mass is 10.1. The van der Waals surface area contributed by atoms with Gasteiger partial charge in [0.25, 0.3) is 5.91 Å². The maximum atomic E-state index is 13.8. The molecule has 3 aromatic heterocycles. The molecule has 5 rings (SSSR count). The zero-order valence-electron chi connectivity index (χ0n) is 20.0. The van der Waals surface area contributed by atoms with Crippen molar-refractivity contribution in [2.45, 2.75) is 13.5 Å². The summed E-state index contributed by atoms with van der Waals surface area (Å²) >= 11 is 0. The molecule has 0 aliphatic carbocycles. The fourth-order valence-electron chi connectivity index (χ4n) is 4.24. The van der Waals surface area contributed by atoms with Gasteiger partial charge in [-0.05, 0) is 18.2 Å². The minimum absolute atomic E-state index is 0.123. The largest absolute Gasteiger partial charge is 0.383 e. The maximum Gasteiger partial charge on any atom is 0.272 e. The molecule has 0 aliphatic heterocycles. The second kappa shape index (κ2) is 8.26. The van der Waals surface area contributed by atoms with Gasteiger partial charge in [-0.2, -0.15) is 5.10 Å². The molecule has 36 heavy (non-hydrogen) atoms. The Bertz CT molecular complexity index is 1710. The lowest BCUT2D eigenvalue weighted by Crippen LogP contribution is -2.46. The van der Waals surface area contributed by atoms with Crippen molar-refractivity contribution in [2.24, 2.45) is 14.1 Å². The number of nitrogen functional groups attached to an aromatic ring is 1. The molecule has 184 valence electrons. The quantitative estimate of drug-likeness (QED) is 0.387. The molecule has 12 heteroatoms. The Balaban J connectivity index is 1.60. The second-order valence-corrected chi connectivity index (χ2v) is 8.51. The predicted molar refractivity (Wildman–Crippen MR) is 129 cm³/mol. The number of anilines is 1. The van der Waals surface area contributed by atoms with Gasteiger partial charge in [-0.1, -0.05) is 0 Å². The van der Waals surface area contributed by atoms with E-state index in [0.717, 1.165) is 17.6 Å². The number of carbonyl (C=O) groups is 2. The molecule has 0 aliphatic rings. The van der Waals surface area contributed by atoms with E-state index in [-0.39, 0.29) is 18.0 Å². The van der Waals surface area contributed by atoms with Crippen LogP contribution in [0.1, 0.15) is 23.1 Å². The van der Waals surface area contributed by atoms with Gasteiger partial charge in [-0.3, -0.25) is 19.3 Å². The van der Waals surface area contributed by atoms with E-state index in [1.165, 1.54) is 24.0 Å². The third-order valence-electron chi connectivity index (χ3n) is 6.31.